The van der Waals surface area contributed by atoms with E-state index in [0.29, 0.717) is 5.69 Å². The van der Waals surface area contributed by atoms with Gasteiger partial charge in [0.2, 0.25) is 6.08 Å². The largest absolute Gasteiger partial charge is 0.240 e. The minimum Gasteiger partial charge on any atom is -0.211 e. The van der Waals surface area contributed by atoms with Crippen molar-refractivity contribution in [1.82, 2.24) is 0 Å². The quantitative estimate of drug-likeness (QED) is 0.537. The molecule has 1 aromatic carbocycles. The Bertz CT molecular complexity index is 397. The highest BCUT2D eigenvalue weighted by molar-refractivity contribution is 9.11. The van der Waals surface area contributed by atoms with Gasteiger partial charge in [-0.1, -0.05) is 15.9 Å². The first kappa shape index (κ1) is 11.1. The van der Waals surface area contributed by atoms with E-state index in [1.54, 1.807) is 0 Å². The lowest BCUT2D eigenvalue weighted by atomic mass is 10.2. The van der Waals surface area contributed by atoms with Gasteiger partial charge in [-0.25, -0.2) is 4.79 Å². The number of hydrogen-bond donors (Lipinski definition) is 0. The average Bonchev–Trinajstić information content (AvgIpc) is 2.09. The van der Waals surface area contributed by atoms with Crippen molar-refractivity contribution in [2.75, 3.05) is 0 Å². The second-order valence-electron chi connectivity index (χ2n) is 2.33. The van der Waals surface area contributed by atoms with E-state index in [4.69, 9.17) is 0 Å². The molecule has 0 atom stereocenters. The first-order valence-corrected chi connectivity index (χ1v) is 5.67. The summed E-state index contributed by atoms with van der Waals surface area (Å²) >= 11 is 10.0. The van der Waals surface area contributed by atoms with Gasteiger partial charge in [-0.3, -0.25) is 0 Å². The van der Waals surface area contributed by atoms with E-state index < -0.39 is 0 Å². The lowest BCUT2D eigenvalue weighted by Crippen LogP contribution is -1.81. The number of rotatable bonds is 1. The molecule has 0 spiro atoms. The Hall–Kier alpha value is 0.0400. The zero-order valence-corrected chi connectivity index (χ0v) is 11.3. The summed E-state index contributed by atoms with van der Waals surface area (Å²) in [7, 11) is 0. The molecule has 1 aromatic rings. The molecule has 0 fully saturated rings. The molecule has 0 N–H and O–H groups in total. The summed E-state index contributed by atoms with van der Waals surface area (Å²) < 4.78 is 2.49. The molecule has 0 aliphatic carbocycles. The lowest BCUT2D eigenvalue weighted by molar-refractivity contribution is 0.565. The molecule has 0 saturated carbocycles. The van der Waals surface area contributed by atoms with Crippen molar-refractivity contribution in [3.8, 4) is 0 Å². The molecule has 0 aliphatic rings. The fourth-order valence-electron chi connectivity index (χ4n) is 0.823. The molecule has 0 aliphatic heterocycles. The van der Waals surface area contributed by atoms with Crippen LogP contribution in [0, 0.1) is 6.92 Å². The Morgan fingerprint density at radius 3 is 2.46 bits per heavy atom. The molecular formula is C8H4Br3NO. The van der Waals surface area contributed by atoms with Crippen molar-refractivity contribution < 1.29 is 4.79 Å². The Kier molecular flexibility index (Phi) is 3.86. The molecule has 0 saturated heterocycles. The van der Waals surface area contributed by atoms with E-state index in [0.717, 1.165) is 19.0 Å². The third-order valence-corrected chi connectivity index (χ3v) is 3.93. The van der Waals surface area contributed by atoms with Gasteiger partial charge in [0.25, 0.3) is 0 Å². The maximum absolute atomic E-state index is 10.1. The number of nitrogens with zero attached hydrogens (tertiary/aromatic N) is 1. The Morgan fingerprint density at radius 1 is 1.31 bits per heavy atom. The van der Waals surface area contributed by atoms with Crippen molar-refractivity contribution in [1.29, 1.82) is 0 Å². The predicted octanol–water partition coefficient (Wildman–Crippen LogP) is 4.25. The van der Waals surface area contributed by atoms with Crippen LogP contribution in [0.5, 0.6) is 0 Å². The van der Waals surface area contributed by atoms with E-state index in [2.05, 4.69) is 52.8 Å². The zero-order chi connectivity index (χ0) is 10.0. The topological polar surface area (TPSA) is 29.4 Å². The van der Waals surface area contributed by atoms with Crippen molar-refractivity contribution in [2.45, 2.75) is 6.92 Å². The Balaban J connectivity index is 3.52. The van der Waals surface area contributed by atoms with Crippen LogP contribution in [0.3, 0.4) is 0 Å². The Morgan fingerprint density at radius 2 is 1.92 bits per heavy atom. The van der Waals surface area contributed by atoms with E-state index in [-0.39, 0.29) is 0 Å². The van der Waals surface area contributed by atoms with Crippen LogP contribution >= 0.6 is 47.8 Å². The van der Waals surface area contributed by atoms with Gasteiger partial charge in [-0.15, -0.1) is 0 Å². The first-order valence-electron chi connectivity index (χ1n) is 3.30. The molecule has 13 heavy (non-hydrogen) atoms. The number of halogens is 3. The second kappa shape index (κ2) is 4.51. The molecule has 0 radical (unpaired) electrons. The number of isocyanates is 1. The number of hydrogen-bond acceptors (Lipinski definition) is 2. The van der Waals surface area contributed by atoms with Gasteiger partial charge in [-0.2, -0.15) is 4.99 Å². The highest BCUT2D eigenvalue weighted by Gasteiger charge is 2.09. The summed E-state index contributed by atoms with van der Waals surface area (Å²) in [5, 5.41) is 0. The van der Waals surface area contributed by atoms with Gasteiger partial charge in [0.1, 0.15) is 5.69 Å². The molecule has 0 amide bonds. The maximum Gasteiger partial charge on any atom is 0.240 e. The third-order valence-electron chi connectivity index (χ3n) is 1.53. The fourth-order valence-corrected chi connectivity index (χ4v) is 3.12. The van der Waals surface area contributed by atoms with E-state index >= 15 is 0 Å². The van der Waals surface area contributed by atoms with Crippen molar-refractivity contribution in [3.05, 3.63) is 25.0 Å². The van der Waals surface area contributed by atoms with E-state index in [1.807, 2.05) is 13.0 Å². The Labute approximate surface area is 101 Å². The summed E-state index contributed by atoms with van der Waals surface area (Å²) in [6, 6.07) is 1.84. The molecule has 2 nitrogen and oxygen atoms in total. The molecule has 5 heteroatoms. The molecule has 68 valence electrons. The monoisotopic (exact) mass is 367 g/mol. The van der Waals surface area contributed by atoms with Crippen molar-refractivity contribution in [2.24, 2.45) is 4.99 Å². The van der Waals surface area contributed by atoms with Gasteiger partial charge >= 0.3 is 0 Å². The normalized spacial score (nSPS) is 9.54. The number of benzene rings is 1. The predicted molar refractivity (Wildman–Crippen MR) is 62.1 cm³/mol. The van der Waals surface area contributed by atoms with Gasteiger partial charge in [0.05, 0.1) is 0 Å². The summed E-state index contributed by atoms with van der Waals surface area (Å²) in [4.78, 5) is 13.7. The van der Waals surface area contributed by atoms with Crippen LogP contribution in [-0.2, 0) is 4.79 Å². The number of aliphatic imine (C=N–C) groups is 1. The molecular weight excluding hydrogens is 366 g/mol. The second-order valence-corrected chi connectivity index (χ2v) is 4.83. The minimum absolute atomic E-state index is 0.565. The van der Waals surface area contributed by atoms with Crippen LogP contribution in [0.1, 0.15) is 5.56 Å². The third kappa shape index (κ3) is 2.29. The molecule has 1 rings (SSSR count). The fraction of sp³-hybridized carbons (Fsp3) is 0.125. The molecule has 0 bridgehead atoms. The highest BCUT2D eigenvalue weighted by Crippen LogP contribution is 2.39. The minimum atomic E-state index is 0.565. The van der Waals surface area contributed by atoms with Crippen LogP contribution in [0.25, 0.3) is 0 Å². The SMILES string of the molecule is Cc1c(Br)cc(Br)c(N=C=O)c1Br. The van der Waals surface area contributed by atoms with Gasteiger partial charge in [-0.05, 0) is 50.4 Å². The standard InChI is InChI=1S/C8H4Br3NO/c1-4-5(9)2-6(10)8(7(4)11)12-3-13/h2H,1H3. The maximum atomic E-state index is 10.1. The molecule has 0 aromatic heterocycles. The van der Waals surface area contributed by atoms with Crippen LogP contribution < -0.4 is 0 Å². The molecule has 0 heterocycles. The van der Waals surface area contributed by atoms with Gasteiger partial charge < -0.3 is 0 Å². The summed E-state index contributed by atoms with van der Waals surface area (Å²) in [5.74, 6) is 0. The van der Waals surface area contributed by atoms with Crippen LogP contribution in [0.2, 0.25) is 0 Å². The van der Waals surface area contributed by atoms with E-state index in [1.165, 1.54) is 6.08 Å². The lowest BCUT2D eigenvalue weighted by Gasteiger charge is -2.05. The van der Waals surface area contributed by atoms with E-state index in [9.17, 15) is 4.79 Å². The summed E-state index contributed by atoms with van der Waals surface area (Å²) in [5.41, 5.74) is 1.56. The zero-order valence-electron chi connectivity index (χ0n) is 6.57. The van der Waals surface area contributed by atoms with Crippen molar-refractivity contribution in [3.63, 3.8) is 0 Å². The number of carbonyl (C=O) groups excluding carboxylic acids is 1. The average molecular weight is 370 g/mol. The van der Waals surface area contributed by atoms with Gasteiger partial charge in [0.15, 0.2) is 0 Å². The first-order chi connectivity index (χ1) is 6.07. The highest BCUT2D eigenvalue weighted by atomic mass is 79.9. The summed E-state index contributed by atoms with van der Waals surface area (Å²) in [6.45, 7) is 1.92. The van der Waals surface area contributed by atoms with Crippen LogP contribution in [0.15, 0.2) is 24.5 Å². The summed E-state index contributed by atoms with van der Waals surface area (Å²) in [6.07, 6.45) is 1.51. The van der Waals surface area contributed by atoms with Crippen LogP contribution in [0.4, 0.5) is 5.69 Å². The molecule has 0 unspecified atom stereocenters. The van der Waals surface area contributed by atoms with Gasteiger partial charge in [0, 0.05) is 13.4 Å². The van der Waals surface area contributed by atoms with Crippen LogP contribution in [-0.4, -0.2) is 6.08 Å². The smallest absolute Gasteiger partial charge is 0.211 e. The van der Waals surface area contributed by atoms with Crippen molar-refractivity contribution >= 4 is 59.6 Å².